The van der Waals surface area contributed by atoms with E-state index in [2.05, 4.69) is 15.3 Å². The second-order valence-corrected chi connectivity index (χ2v) is 5.30. The molecule has 6 heteroatoms. The van der Waals surface area contributed by atoms with Gasteiger partial charge in [0.25, 0.3) is 5.91 Å². The van der Waals surface area contributed by atoms with E-state index in [1.807, 2.05) is 13.8 Å². The van der Waals surface area contributed by atoms with Gasteiger partial charge in [0.15, 0.2) is 0 Å². The van der Waals surface area contributed by atoms with Gasteiger partial charge in [-0.15, -0.1) is 0 Å². The number of hydrogen-bond acceptors (Lipinski definition) is 3. The summed E-state index contributed by atoms with van der Waals surface area (Å²) in [6.07, 6.45) is 1.42. The summed E-state index contributed by atoms with van der Waals surface area (Å²) in [5, 5.41) is 2.86. The fourth-order valence-corrected chi connectivity index (χ4v) is 1.91. The Balaban J connectivity index is 2.11. The zero-order valence-corrected chi connectivity index (χ0v) is 12.5. The number of halogens is 2. The summed E-state index contributed by atoms with van der Waals surface area (Å²) >= 11 is 5.96. The fraction of sp³-hybridized carbons (Fsp3) is 0.267. The molecule has 2 rings (SSSR count). The molecule has 0 bridgehead atoms. The Morgan fingerprint density at radius 1 is 1.43 bits per heavy atom. The van der Waals surface area contributed by atoms with Crippen LogP contribution in [0.25, 0.3) is 0 Å². The third-order valence-corrected chi connectivity index (χ3v) is 3.11. The van der Waals surface area contributed by atoms with Crippen LogP contribution in [0.5, 0.6) is 0 Å². The van der Waals surface area contributed by atoms with Gasteiger partial charge >= 0.3 is 0 Å². The first-order chi connectivity index (χ1) is 9.97. The lowest BCUT2D eigenvalue weighted by atomic mass is 10.2. The van der Waals surface area contributed by atoms with Crippen LogP contribution in [0.2, 0.25) is 5.02 Å². The third kappa shape index (κ3) is 3.98. The van der Waals surface area contributed by atoms with E-state index in [1.165, 1.54) is 18.3 Å². The molecule has 0 spiro atoms. The van der Waals surface area contributed by atoms with Gasteiger partial charge in [-0.05, 0) is 17.7 Å². The Bertz CT molecular complexity index is 661. The molecule has 110 valence electrons. The van der Waals surface area contributed by atoms with Gasteiger partial charge in [-0.2, -0.15) is 0 Å². The van der Waals surface area contributed by atoms with Gasteiger partial charge in [-0.1, -0.05) is 37.6 Å². The zero-order valence-electron chi connectivity index (χ0n) is 11.7. The summed E-state index contributed by atoms with van der Waals surface area (Å²) in [7, 11) is 0. The van der Waals surface area contributed by atoms with Crippen LogP contribution in [-0.4, -0.2) is 15.9 Å². The molecule has 0 fully saturated rings. The van der Waals surface area contributed by atoms with Crippen LogP contribution in [0.3, 0.4) is 0 Å². The second kappa shape index (κ2) is 6.63. The van der Waals surface area contributed by atoms with E-state index in [0.29, 0.717) is 11.4 Å². The molecule has 1 heterocycles. The fourth-order valence-electron chi connectivity index (χ4n) is 1.73. The van der Waals surface area contributed by atoms with E-state index in [0.717, 1.165) is 0 Å². The highest BCUT2D eigenvalue weighted by molar-refractivity contribution is 6.33. The van der Waals surface area contributed by atoms with Crippen molar-refractivity contribution in [2.24, 2.45) is 0 Å². The molecule has 0 saturated carbocycles. The van der Waals surface area contributed by atoms with Crippen LogP contribution < -0.4 is 5.32 Å². The van der Waals surface area contributed by atoms with Gasteiger partial charge in [0.1, 0.15) is 17.3 Å². The van der Waals surface area contributed by atoms with E-state index in [1.54, 1.807) is 12.1 Å². The maximum atomic E-state index is 13.1. The molecular weight excluding hydrogens is 293 g/mol. The summed E-state index contributed by atoms with van der Waals surface area (Å²) in [6, 6.07) is 6.03. The van der Waals surface area contributed by atoms with Crippen molar-refractivity contribution in [2.75, 3.05) is 0 Å². The predicted molar refractivity (Wildman–Crippen MR) is 78.7 cm³/mol. The second-order valence-electron chi connectivity index (χ2n) is 4.89. The molecule has 0 aliphatic heterocycles. The van der Waals surface area contributed by atoms with Gasteiger partial charge in [-0.25, -0.2) is 14.4 Å². The summed E-state index contributed by atoms with van der Waals surface area (Å²) in [4.78, 5) is 20.4. The van der Waals surface area contributed by atoms with E-state index < -0.39 is 5.91 Å². The topological polar surface area (TPSA) is 54.9 Å². The first-order valence-electron chi connectivity index (χ1n) is 6.52. The lowest BCUT2D eigenvalue weighted by molar-refractivity contribution is 0.0945. The number of rotatable bonds is 4. The van der Waals surface area contributed by atoms with Crippen molar-refractivity contribution in [1.29, 1.82) is 0 Å². The largest absolute Gasteiger partial charge is 0.347 e. The van der Waals surface area contributed by atoms with Crippen LogP contribution in [0, 0.1) is 5.82 Å². The Morgan fingerprint density at radius 3 is 2.86 bits per heavy atom. The van der Waals surface area contributed by atoms with Crippen LogP contribution >= 0.6 is 11.6 Å². The standard InChI is InChI=1S/C15H15ClFN3O/c1-9(2)14-18-8-12(16)13(20-14)15(21)19-7-10-4-3-5-11(17)6-10/h3-6,8-9H,7H2,1-2H3,(H,19,21). The lowest BCUT2D eigenvalue weighted by Crippen LogP contribution is -2.25. The molecule has 0 unspecified atom stereocenters. The highest BCUT2D eigenvalue weighted by Gasteiger charge is 2.15. The summed E-state index contributed by atoms with van der Waals surface area (Å²) in [5.74, 6) is -0.107. The number of hydrogen-bond donors (Lipinski definition) is 1. The number of aromatic nitrogens is 2. The Hall–Kier alpha value is -2.01. The molecule has 0 saturated heterocycles. The number of nitrogens with one attached hydrogen (secondary N) is 1. The first kappa shape index (κ1) is 15.4. The molecule has 21 heavy (non-hydrogen) atoms. The minimum atomic E-state index is -0.409. The normalized spacial score (nSPS) is 10.7. The van der Waals surface area contributed by atoms with E-state index >= 15 is 0 Å². The predicted octanol–water partition coefficient (Wildman–Crippen LogP) is 3.32. The first-order valence-corrected chi connectivity index (χ1v) is 6.90. The number of carbonyl (C=O) groups excluding carboxylic acids is 1. The van der Waals surface area contributed by atoms with E-state index in [4.69, 9.17) is 11.6 Å². The smallest absolute Gasteiger partial charge is 0.271 e. The quantitative estimate of drug-likeness (QED) is 0.942. The van der Waals surface area contributed by atoms with Crippen molar-refractivity contribution in [3.8, 4) is 0 Å². The Kier molecular flexibility index (Phi) is 4.85. The third-order valence-electron chi connectivity index (χ3n) is 2.84. The molecule has 1 aromatic heterocycles. The average Bonchev–Trinajstić information content (AvgIpc) is 2.45. The SMILES string of the molecule is CC(C)c1ncc(Cl)c(C(=O)NCc2cccc(F)c2)n1. The maximum Gasteiger partial charge on any atom is 0.271 e. The molecule has 0 atom stereocenters. The van der Waals surface area contributed by atoms with Gasteiger partial charge in [-0.3, -0.25) is 4.79 Å². The summed E-state index contributed by atoms with van der Waals surface area (Å²) < 4.78 is 13.1. The van der Waals surface area contributed by atoms with Crippen molar-refractivity contribution in [1.82, 2.24) is 15.3 Å². The summed E-state index contributed by atoms with van der Waals surface area (Å²) in [5.41, 5.74) is 0.796. The molecule has 4 nitrogen and oxygen atoms in total. The minimum absolute atomic E-state index is 0.0945. The van der Waals surface area contributed by atoms with Gasteiger partial charge in [0, 0.05) is 12.5 Å². The minimum Gasteiger partial charge on any atom is -0.347 e. The zero-order chi connectivity index (χ0) is 15.4. The van der Waals surface area contributed by atoms with Crippen LogP contribution in [-0.2, 0) is 6.54 Å². The molecule has 0 aliphatic carbocycles. The number of nitrogens with zero attached hydrogens (tertiary/aromatic N) is 2. The van der Waals surface area contributed by atoms with E-state index in [-0.39, 0.29) is 29.0 Å². The molecular formula is C15H15ClFN3O. The monoisotopic (exact) mass is 307 g/mol. The van der Waals surface area contributed by atoms with Crippen molar-refractivity contribution >= 4 is 17.5 Å². The molecule has 1 aromatic carbocycles. The van der Waals surface area contributed by atoms with Crippen molar-refractivity contribution in [2.45, 2.75) is 26.3 Å². The molecule has 2 aromatic rings. The number of amides is 1. The van der Waals surface area contributed by atoms with Gasteiger partial charge < -0.3 is 5.32 Å². The van der Waals surface area contributed by atoms with Gasteiger partial charge in [0.05, 0.1) is 11.2 Å². The van der Waals surface area contributed by atoms with E-state index in [9.17, 15) is 9.18 Å². The van der Waals surface area contributed by atoms with Gasteiger partial charge in [0.2, 0.25) is 0 Å². The maximum absolute atomic E-state index is 13.1. The number of carbonyl (C=O) groups is 1. The van der Waals surface area contributed by atoms with Crippen molar-refractivity contribution in [3.63, 3.8) is 0 Å². The Morgan fingerprint density at radius 2 is 2.19 bits per heavy atom. The van der Waals surface area contributed by atoms with Crippen molar-refractivity contribution in [3.05, 3.63) is 58.4 Å². The average molecular weight is 308 g/mol. The molecule has 0 aliphatic rings. The lowest BCUT2D eigenvalue weighted by Gasteiger charge is -2.09. The highest BCUT2D eigenvalue weighted by atomic mass is 35.5. The Labute approximate surface area is 127 Å². The van der Waals surface area contributed by atoms with Crippen LogP contribution in [0.15, 0.2) is 30.5 Å². The molecule has 1 amide bonds. The van der Waals surface area contributed by atoms with Crippen molar-refractivity contribution < 1.29 is 9.18 Å². The highest BCUT2D eigenvalue weighted by Crippen LogP contribution is 2.16. The summed E-state index contributed by atoms with van der Waals surface area (Å²) in [6.45, 7) is 4.06. The van der Waals surface area contributed by atoms with Crippen LogP contribution in [0.1, 0.15) is 41.6 Å². The number of benzene rings is 1. The molecule has 0 radical (unpaired) electrons. The van der Waals surface area contributed by atoms with Crippen LogP contribution in [0.4, 0.5) is 4.39 Å². The molecule has 1 N–H and O–H groups in total.